The van der Waals surface area contributed by atoms with Crippen molar-refractivity contribution in [1.29, 1.82) is 0 Å². The van der Waals surface area contributed by atoms with Gasteiger partial charge in [0.05, 0.1) is 6.20 Å². The molecule has 0 aliphatic heterocycles. The van der Waals surface area contributed by atoms with Crippen LogP contribution in [0.1, 0.15) is 0 Å². The predicted molar refractivity (Wildman–Crippen MR) is 84.0 cm³/mol. The van der Waals surface area contributed by atoms with Crippen molar-refractivity contribution >= 4 is 50.1 Å². The van der Waals surface area contributed by atoms with Gasteiger partial charge in [-0.15, -0.1) is 0 Å². The van der Waals surface area contributed by atoms with Crippen molar-refractivity contribution in [3.63, 3.8) is 0 Å². The van der Waals surface area contributed by atoms with Crippen LogP contribution >= 0.6 is 38.5 Å². The van der Waals surface area contributed by atoms with E-state index in [-0.39, 0.29) is 18.0 Å². The molecule has 0 radical (unpaired) electrons. The molecule has 0 spiro atoms. The van der Waals surface area contributed by atoms with E-state index in [9.17, 15) is 9.59 Å². The first-order valence-corrected chi connectivity index (χ1v) is 7.20. The van der Waals surface area contributed by atoms with Crippen molar-refractivity contribution in [2.75, 3.05) is 5.32 Å². The first-order chi connectivity index (χ1) is 9.04. The Kier molecular flexibility index (Phi) is 4.70. The highest BCUT2D eigenvalue weighted by Crippen LogP contribution is 2.13. The molecule has 7 heteroatoms. The van der Waals surface area contributed by atoms with Crippen molar-refractivity contribution in [3.05, 3.63) is 54.9 Å². The third-order valence-corrected chi connectivity index (χ3v) is 3.38. The Labute approximate surface area is 131 Å². The Balaban J connectivity index is 2.05. The van der Waals surface area contributed by atoms with Crippen molar-refractivity contribution in [1.82, 2.24) is 9.78 Å². The number of amides is 1. The number of benzene rings is 1. The normalized spacial score (nSPS) is 10.2. The van der Waals surface area contributed by atoms with E-state index in [0.29, 0.717) is 5.69 Å². The van der Waals surface area contributed by atoms with Gasteiger partial charge in [-0.2, -0.15) is 5.10 Å². The molecule has 0 unspecified atom stereocenters. The number of halogens is 2. The lowest BCUT2D eigenvalue weighted by Crippen LogP contribution is -2.29. The van der Waals surface area contributed by atoms with Crippen LogP contribution in [0, 0.1) is 3.57 Å². The SMILES string of the molecule is O=C(Cn1ncc(I)cc1=O)Nc1ccc(Br)cc1. The van der Waals surface area contributed by atoms with Crippen LogP contribution in [0.4, 0.5) is 5.69 Å². The summed E-state index contributed by atoms with van der Waals surface area (Å²) in [6, 6.07) is 8.62. The second-order valence-corrected chi connectivity index (χ2v) is 5.89. The molecule has 1 aromatic heterocycles. The molecule has 5 nitrogen and oxygen atoms in total. The van der Waals surface area contributed by atoms with Gasteiger partial charge in [0.1, 0.15) is 6.54 Å². The number of hydrogen-bond donors (Lipinski definition) is 1. The third kappa shape index (κ3) is 4.13. The van der Waals surface area contributed by atoms with E-state index in [1.54, 1.807) is 12.1 Å². The largest absolute Gasteiger partial charge is 0.324 e. The van der Waals surface area contributed by atoms with Gasteiger partial charge in [0, 0.05) is 19.8 Å². The van der Waals surface area contributed by atoms with Gasteiger partial charge in [-0.3, -0.25) is 9.59 Å². The van der Waals surface area contributed by atoms with E-state index in [4.69, 9.17) is 0 Å². The molecular weight excluding hydrogens is 425 g/mol. The number of aromatic nitrogens is 2. The van der Waals surface area contributed by atoms with Crippen LogP contribution in [-0.2, 0) is 11.3 Å². The number of anilines is 1. The van der Waals surface area contributed by atoms with Gasteiger partial charge in [-0.05, 0) is 46.9 Å². The molecule has 0 atom stereocenters. The molecular formula is C12H9BrIN3O2. The molecule has 1 N–H and O–H groups in total. The maximum atomic E-state index is 11.8. The summed E-state index contributed by atoms with van der Waals surface area (Å²) in [6.07, 6.45) is 1.54. The van der Waals surface area contributed by atoms with E-state index < -0.39 is 0 Å². The van der Waals surface area contributed by atoms with Crippen molar-refractivity contribution in [2.24, 2.45) is 0 Å². The average Bonchev–Trinajstić information content (AvgIpc) is 2.36. The highest BCUT2D eigenvalue weighted by Gasteiger charge is 2.06. The smallest absolute Gasteiger partial charge is 0.268 e. The van der Waals surface area contributed by atoms with Gasteiger partial charge in [0.2, 0.25) is 5.91 Å². The number of carbonyl (C=O) groups excluding carboxylic acids is 1. The van der Waals surface area contributed by atoms with E-state index in [2.05, 4.69) is 26.3 Å². The summed E-state index contributed by atoms with van der Waals surface area (Å²) in [6.45, 7) is -0.105. The minimum absolute atomic E-state index is 0.105. The summed E-state index contributed by atoms with van der Waals surface area (Å²) < 4.78 is 2.80. The molecule has 1 heterocycles. The molecule has 2 aromatic rings. The Morgan fingerprint density at radius 1 is 1.37 bits per heavy atom. The van der Waals surface area contributed by atoms with Gasteiger partial charge in [-0.1, -0.05) is 15.9 Å². The second-order valence-electron chi connectivity index (χ2n) is 3.72. The average molecular weight is 434 g/mol. The van der Waals surface area contributed by atoms with Gasteiger partial charge >= 0.3 is 0 Å². The fourth-order valence-corrected chi connectivity index (χ4v) is 2.06. The molecule has 19 heavy (non-hydrogen) atoms. The minimum Gasteiger partial charge on any atom is -0.324 e. The Bertz CT molecular complexity index is 655. The summed E-state index contributed by atoms with van der Waals surface area (Å²) in [7, 11) is 0. The predicted octanol–water partition coefficient (Wildman–Crippen LogP) is 2.25. The number of rotatable bonds is 3. The van der Waals surface area contributed by atoms with E-state index >= 15 is 0 Å². The topological polar surface area (TPSA) is 64.0 Å². The van der Waals surface area contributed by atoms with Crippen molar-refractivity contribution < 1.29 is 4.79 Å². The standard InChI is InChI=1S/C12H9BrIN3O2/c13-8-1-3-10(4-2-8)16-11(18)7-17-12(19)5-9(14)6-15-17/h1-6H,7H2,(H,16,18). The molecule has 1 aromatic carbocycles. The van der Waals surface area contributed by atoms with Crippen LogP contribution < -0.4 is 10.9 Å². The Hall–Kier alpha value is -1.22. The highest BCUT2D eigenvalue weighted by molar-refractivity contribution is 14.1. The number of hydrogen-bond acceptors (Lipinski definition) is 3. The molecule has 0 aliphatic carbocycles. The lowest BCUT2D eigenvalue weighted by molar-refractivity contribution is -0.117. The summed E-state index contributed by atoms with van der Waals surface area (Å²) in [5, 5.41) is 6.60. The van der Waals surface area contributed by atoms with Gasteiger partial charge in [0.15, 0.2) is 0 Å². The van der Waals surface area contributed by atoms with Crippen LogP contribution in [0.25, 0.3) is 0 Å². The summed E-state index contributed by atoms with van der Waals surface area (Å²) in [5.41, 5.74) is 0.379. The Morgan fingerprint density at radius 3 is 2.68 bits per heavy atom. The zero-order valence-electron chi connectivity index (χ0n) is 9.64. The molecule has 2 rings (SSSR count). The maximum Gasteiger partial charge on any atom is 0.268 e. The quantitative estimate of drug-likeness (QED) is 0.755. The molecule has 0 saturated heterocycles. The monoisotopic (exact) mass is 433 g/mol. The molecule has 0 aliphatic rings. The van der Waals surface area contributed by atoms with Crippen LogP contribution in [0.3, 0.4) is 0 Å². The van der Waals surface area contributed by atoms with E-state index in [1.807, 2.05) is 34.7 Å². The zero-order valence-corrected chi connectivity index (χ0v) is 13.4. The van der Waals surface area contributed by atoms with Crippen molar-refractivity contribution in [2.45, 2.75) is 6.54 Å². The molecule has 1 amide bonds. The lowest BCUT2D eigenvalue weighted by atomic mass is 10.3. The van der Waals surface area contributed by atoms with E-state index in [0.717, 1.165) is 12.7 Å². The molecule has 98 valence electrons. The number of nitrogens with zero attached hydrogens (tertiary/aromatic N) is 2. The van der Waals surface area contributed by atoms with Gasteiger partial charge in [-0.25, -0.2) is 4.68 Å². The zero-order chi connectivity index (χ0) is 13.8. The first-order valence-electron chi connectivity index (χ1n) is 5.33. The minimum atomic E-state index is -0.294. The maximum absolute atomic E-state index is 11.8. The first kappa shape index (κ1) is 14.2. The second kappa shape index (κ2) is 6.29. The summed E-state index contributed by atoms with van der Waals surface area (Å²) in [5.74, 6) is -0.293. The molecule has 0 bridgehead atoms. The highest BCUT2D eigenvalue weighted by atomic mass is 127. The van der Waals surface area contributed by atoms with Gasteiger partial charge in [0.25, 0.3) is 5.56 Å². The number of carbonyl (C=O) groups is 1. The molecule has 0 fully saturated rings. The van der Waals surface area contributed by atoms with E-state index in [1.165, 1.54) is 12.3 Å². The van der Waals surface area contributed by atoms with Crippen LogP contribution in [0.5, 0.6) is 0 Å². The fraction of sp³-hybridized carbons (Fsp3) is 0.0833. The Morgan fingerprint density at radius 2 is 2.05 bits per heavy atom. The fourth-order valence-electron chi connectivity index (χ4n) is 1.40. The van der Waals surface area contributed by atoms with Crippen LogP contribution in [0.15, 0.2) is 45.8 Å². The van der Waals surface area contributed by atoms with Crippen LogP contribution in [0.2, 0.25) is 0 Å². The molecule has 0 saturated carbocycles. The van der Waals surface area contributed by atoms with Gasteiger partial charge < -0.3 is 5.32 Å². The third-order valence-electron chi connectivity index (χ3n) is 2.26. The summed E-state index contributed by atoms with van der Waals surface area (Å²) in [4.78, 5) is 23.4. The lowest BCUT2D eigenvalue weighted by Gasteiger charge is -2.06. The summed E-state index contributed by atoms with van der Waals surface area (Å²) >= 11 is 5.31. The number of nitrogens with one attached hydrogen (secondary N) is 1. The van der Waals surface area contributed by atoms with Crippen LogP contribution in [-0.4, -0.2) is 15.7 Å². The van der Waals surface area contributed by atoms with Crippen molar-refractivity contribution in [3.8, 4) is 0 Å².